The molecule has 0 aromatic carbocycles. The predicted molar refractivity (Wildman–Crippen MR) is 86.3 cm³/mol. The fourth-order valence-corrected chi connectivity index (χ4v) is 3.35. The molecule has 0 spiro atoms. The number of carboxylic acids is 1. The molecule has 2 atom stereocenters. The highest BCUT2D eigenvalue weighted by atomic mass is 16.5. The molecule has 2 saturated heterocycles. The lowest BCUT2D eigenvalue weighted by Gasteiger charge is -2.34. The minimum absolute atomic E-state index is 0.0142. The van der Waals surface area contributed by atoms with Gasteiger partial charge in [0.1, 0.15) is 6.04 Å². The molecule has 2 aliphatic heterocycles. The van der Waals surface area contributed by atoms with Crippen LogP contribution in [0.2, 0.25) is 0 Å². The lowest BCUT2D eigenvalue weighted by molar-refractivity contribution is -0.142. The average Bonchev–Trinajstić information content (AvgIpc) is 2.93. The third-order valence-electron chi connectivity index (χ3n) is 4.37. The van der Waals surface area contributed by atoms with Crippen molar-refractivity contribution in [2.45, 2.75) is 38.8 Å². The molecule has 0 aliphatic carbocycles. The highest BCUT2D eigenvalue weighted by Gasteiger charge is 2.31. The molecule has 0 aromatic heterocycles. The van der Waals surface area contributed by atoms with E-state index in [0.717, 1.165) is 26.1 Å². The van der Waals surface area contributed by atoms with Crippen molar-refractivity contribution in [1.82, 2.24) is 15.1 Å². The fraction of sp³-hybridized carbons (Fsp3) is 0.875. The van der Waals surface area contributed by atoms with Gasteiger partial charge in [0.05, 0.1) is 19.3 Å². The highest BCUT2D eigenvalue weighted by molar-refractivity contribution is 5.80. The first kappa shape index (κ1) is 18.2. The summed E-state index contributed by atoms with van der Waals surface area (Å²) in [4.78, 5) is 27.3. The molecule has 1 unspecified atom stereocenters. The summed E-state index contributed by atoms with van der Waals surface area (Å²) in [5.74, 6) is -0.343. The van der Waals surface area contributed by atoms with E-state index in [0.29, 0.717) is 32.0 Å². The van der Waals surface area contributed by atoms with E-state index in [4.69, 9.17) is 9.84 Å². The van der Waals surface area contributed by atoms with Crippen molar-refractivity contribution in [2.75, 3.05) is 45.9 Å². The van der Waals surface area contributed by atoms with Gasteiger partial charge >= 0.3 is 5.97 Å². The van der Waals surface area contributed by atoms with Crippen molar-refractivity contribution >= 4 is 11.9 Å². The Kier molecular flexibility index (Phi) is 6.80. The van der Waals surface area contributed by atoms with Crippen LogP contribution in [0.4, 0.5) is 0 Å². The van der Waals surface area contributed by atoms with Crippen LogP contribution in [0.3, 0.4) is 0 Å². The Bertz CT molecular complexity index is 416. The summed E-state index contributed by atoms with van der Waals surface area (Å²) >= 11 is 0. The molecule has 132 valence electrons. The maximum atomic E-state index is 12.1. The van der Waals surface area contributed by atoms with Crippen molar-refractivity contribution < 1.29 is 19.4 Å². The van der Waals surface area contributed by atoms with Gasteiger partial charge in [-0.15, -0.1) is 0 Å². The van der Waals surface area contributed by atoms with Gasteiger partial charge in [0.15, 0.2) is 0 Å². The first-order valence-electron chi connectivity index (χ1n) is 8.53. The predicted octanol–water partition coefficient (Wildman–Crippen LogP) is 0.00840. The van der Waals surface area contributed by atoms with Crippen LogP contribution in [0, 0.1) is 5.92 Å². The molecule has 2 rings (SSSR count). The third-order valence-corrected chi connectivity index (χ3v) is 4.37. The van der Waals surface area contributed by atoms with E-state index >= 15 is 0 Å². The number of amides is 1. The Labute approximate surface area is 138 Å². The number of nitrogens with zero attached hydrogens (tertiary/aromatic N) is 2. The lowest BCUT2D eigenvalue weighted by Crippen LogP contribution is -2.50. The number of morpholine rings is 1. The Morgan fingerprint density at radius 3 is 2.83 bits per heavy atom. The van der Waals surface area contributed by atoms with Crippen LogP contribution in [0.15, 0.2) is 0 Å². The van der Waals surface area contributed by atoms with Crippen LogP contribution in [0.1, 0.15) is 26.7 Å². The van der Waals surface area contributed by atoms with Crippen LogP contribution >= 0.6 is 0 Å². The standard InChI is InChI=1S/C16H29N3O4/c1-12(2)9-18-6-7-23-13(10-18)8-17-15(20)11-19-5-3-4-14(19)16(21)22/h12-14H,3-11H2,1-2H3,(H,17,20)(H,21,22)/t13?,14-/m0/s1. The van der Waals surface area contributed by atoms with Gasteiger partial charge in [-0.2, -0.15) is 0 Å². The summed E-state index contributed by atoms with van der Waals surface area (Å²) in [6.45, 7) is 9.21. The molecule has 2 heterocycles. The molecule has 0 saturated carbocycles. The number of carbonyl (C=O) groups is 2. The minimum atomic E-state index is -0.838. The highest BCUT2D eigenvalue weighted by Crippen LogP contribution is 2.16. The first-order chi connectivity index (χ1) is 11.0. The molecule has 0 radical (unpaired) electrons. The number of aliphatic carboxylic acids is 1. The van der Waals surface area contributed by atoms with Gasteiger partial charge in [-0.3, -0.25) is 19.4 Å². The van der Waals surface area contributed by atoms with Crippen molar-refractivity contribution in [3.63, 3.8) is 0 Å². The monoisotopic (exact) mass is 327 g/mol. The summed E-state index contributed by atoms with van der Waals surface area (Å²) in [5.41, 5.74) is 0. The summed E-state index contributed by atoms with van der Waals surface area (Å²) in [7, 11) is 0. The molecule has 0 bridgehead atoms. The van der Waals surface area contributed by atoms with E-state index in [9.17, 15) is 9.59 Å². The number of hydrogen-bond donors (Lipinski definition) is 2. The van der Waals surface area contributed by atoms with Crippen LogP contribution in [0.25, 0.3) is 0 Å². The van der Waals surface area contributed by atoms with Gasteiger partial charge in [-0.25, -0.2) is 0 Å². The molecule has 1 amide bonds. The van der Waals surface area contributed by atoms with Crippen molar-refractivity contribution in [1.29, 1.82) is 0 Å². The molecule has 23 heavy (non-hydrogen) atoms. The number of hydrogen-bond acceptors (Lipinski definition) is 5. The largest absolute Gasteiger partial charge is 0.480 e. The molecule has 2 N–H and O–H groups in total. The summed E-state index contributed by atoms with van der Waals surface area (Å²) in [6, 6.07) is -0.520. The Hall–Kier alpha value is -1.18. The zero-order chi connectivity index (χ0) is 16.8. The van der Waals surface area contributed by atoms with Gasteiger partial charge in [-0.1, -0.05) is 13.8 Å². The fourth-order valence-electron chi connectivity index (χ4n) is 3.35. The molecule has 2 fully saturated rings. The number of nitrogens with one attached hydrogen (secondary N) is 1. The van der Waals surface area contributed by atoms with Crippen molar-refractivity contribution in [2.24, 2.45) is 5.92 Å². The van der Waals surface area contributed by atoms with E-state index in [1.54, 1.807) is 4.90 Å². The second-order valence-corrected chi connectivity index (χ2v) is 6.92. The molecule has 7 nitrogen and oxygen atoms in total. The number of rotatable bonds is 7. The lowest BCUT2D eigenvalue weighted by atomic mass is 10.2. The zero-order valence-corrected chi connectivity index (χ0v) is 14.2. The minimum Gasteiger partial charge on any atom is -0.480 e. The second-order valence-electron chi connectivity index (χ2n) is 6.92. The Morgan fingerprint density at radius 2 is 2.13 bits per heavy atom. The van der Waals surface area contributed by atoms with Gasteiger partial charge < -0.3 is 15.2 Å². The number of carboxylic acid groups (broad SMARTS) is 1. The van der Waals surface area contributed by atoms with E-state index in [1.807, 2.05) is 0 Å². The SMILES string of the molecule is CC(C)CN1CCOC(CNC(=O)CN2CCC[C@H]2C(=O)O)C1. The average molecular weight is 327 g/mol. The van der Waals surface area contributed by atoms with Gasteiger partial charge in [-0.05, 0) is 25.3 Å². The maximum absolute atomic E-state index is 12.1. The summed E-state index contributed by atoms with van der Waals surface area (Å²) < 4.78 is 5.71. The topological polar surface area (TPSA) is 82.1 Å². The third kappa shape index (κ3) is 5.75. The molecular weight excluding hydrogens is 298 g/mol. The Balaban J connectivity index is 1.70. The smallest absolute Gasteiger partial charge is 0.320 e. The number of carbonyl (C=O) groups excluding carboxylic acids is 1. The van der Waals surface area contributed by atoms with Gasteiger partial charge in [0, 0.05) is 26.2 Å². The number of likely N-dealkylation sites (tertiary alicyclic amines) is 1. The van der Waals surface area contributed by atoms with Gasteiger partial charge in [0.2, 0.25) is 5.91 Å². The second kappa shape index (κ2) is 8.61. The molecular formula is C16H29N3O4. The van der Waals surface area contributed by atoms with E-state index in [1.165, 1.54) is 0 Å². The Morgan fingerprint density at radius 1 is 1.35 bits per heavy atom. The number of ether oxygens (including phenoxy) is 1. The van der Waals surface area contributed by atoms with Crippen molar-refractivity contribution in [3.8, 4) is 0 Å². The van der Waals surface area contributed by atoms with Crippen molar-refractivity contribution in [3.05, 3.63) is 0 Å². The summed E-state index contributed by atoms with van der Waals surface area (Å²) in [5, 5.41) is 12.0. The maximum Gasteiger partial charge on any atom is 0.320 e. The van der Waals surface area contributed by atoms with Crippen LogP contribution in [0.5, 0.6) is 0 Å². The zero-order valence-electron chi connectivity index (χ0n) is 14.2. The van der Waals surface area contributed by atoms with E-state index in [2.05, 4.69) is 24.1 Å². The van der Waals surface area contributed by atoms with E-state index in [-0.39, 0.29) is 18.6 Å². The first-order valence-corrected chi connectivity index (χ1v) is 8.53. The molecule has 7 heteroatoms. The van der Waals surface area contributed by atoms with Crippen LogP contribution in [-0.4, -0.2) is 84.8 Å². The van der Waals surface area contributed by atoms with Crippen LogP contribution in [-0.2, 0) is 14.3 Å². The van der Waals surface area contributed by atoms with Crippen LogP contribution < -0.4 is 5.32 Å². The molecule has 2 aliphatic rings. The summed E-state index contributed by atoms with van der Waals surface area (Å²) in [6.07, 6.45) is 1.47. The van der Waals surface area contributed by atoms with Gasteiger partial charge in [0.25, 0.3) is 0 Å². The quantitative estimate of drug-likeness (QED) is 0.685. The van der Waals surface area contributed by atoms with E-state index < -0.39 is 12.0 Å². The molecule has 0 aromatic rings. The normalized spacial score (nSPS) is 26.6.